The third-order valence-electron chi connectivity index (χ3n) is 5.25. The van der Waals surface area contributed by atoms with Crippen LogP contribution in [0.25, 0.3) is 11.2 Å². The largest absolute Gasteiger partial charge is 0.309 e. The summed E-state index contributed by atoms with van der Waals surface area (Å²) in [5.74, 6) is 1.92. The zero-order chi connectivity index (χ0) is 14.2. The Morgan fingerprint density at radius 2 is 1.86 bits per heavy atom. The molecule has 1 aliphatic heterocycles. The second-order valence-corrected chi connectivity index (χ2v) is 6.70. The molecular weight excluding hydrogens is 260 g/mol. The molecule has 0 N–H and O–H groups in total. The van der Waals surface area contributed by atoms with Crippen molar-refractivity contribution in [1.29, 1.82) is 0 Å². The first-order chi connectivity index (χ1) is 10.3. The fourth-order valence-electron chi connectivity index (χ4n) is 4.02. The summed E-state index contributed by atoms with van der Waals surface area (Å²) < 4.78 is 2.50. The maximum absolute atomic E-state index is 4.99. The molecule has 3 heterocycles. The minimum atomic E-state index is 0.607. The predicted octanol–water partition coefficient (Wildman–Crippen LogP) is 3.36. The third-order valence-corrected chi connectivity index (χ3v) is 5.25. The Kier molecular flexibility index (Phi) is 3.42. The van der Waals surface area contributed by atoms with Crippen molar-refractivity contribution in [3.05, 3.63) is 24.2 Å². The van der Waals surface area contributed by atoms with E-state index in [9.17, 15) is 0 Å². The molecule has 0 unspecified atom stereocenters. The molecule has 0 bridgehead atoms. The highest BCUT2D eigenvalue weighted by atomic mass is 15.2. The van der Waals surface area contributed by atoms with Crippen LogP contribution in [-0.4, -0.2) is 39.6 Å². The summed E-state index contributed by atoms with van der Waals surface area (Å²) >= 11 is 0. The second kappa shape index (κ2) is 5.41. The van der Waals surface area contributed by atoms with E-state index in [2.05, 4.69) is 27.6 Å². The Labute approximate surface area is 126 Å². The monoisotopic (exact) mass is 284 g/mol. The molecule has 0 aromatic carbocycles. The molecule has 4 nitrogen and oxygen atoms in total. The van der Waals surface area contributed by atoms with Crippen LogP contribution in [0.4, 0.5) is 0 Å². The molecule has 2 aromatic heterocycles. The van der Waals surface area contributed by atoms with Crippen LogP contribution in [-0.2, 0) is 0 Å². The van der Waals surface area contributed by atoms with Crippen molar-refractivity contribution >= 4 is 11.2 Å². The molecular formula is C17H24N4. The Bertz CT molecular complexity index is 619. The molecule has 1 saturated heterocycles. The summed E-state index contributed by atoms with van der Waals surface area (Å²) in [6, 6.07) is 4.75. The van der Waals surface area contributed by atoms with Crippen molar-refractivity contribution in [1.82, 2.24) is 19.4 Å². The van der Waals surface area contributed by atoms with Crippen LogP contribution in [0.15, 0.2) is 18.3 Å². The number of fused-ring (bicyclic) bond motifs is 1. The van der Waals surface area contributed by atoms with Crippen LogP contribution >= 0.6 is 0 Å². The first kappa shape index (κ1) is 13.3. The predicted molar refractivity (Wildman–Crippen MR) is 84.5 cm³/mol. The van der Waals surface area contributed by atoms with Crippen molar-refractivity contribution in [2.75, 3.05) is 20.1 Å². The van der Waals surface area contributed by atoms with Crippen molar-refractivity contribution in [3.8, 4) is 0 Å². The lowest BCUT2D eigenvalue weighted by Gasteiger charge is -2.29. The zero-order valence-corrected chi connectivity index (χ0v) is 12.8. The topological polar surface area (TPSA) is 34.0 Å². The number of rotatable bonds is 2. The van der Waals surface area contributed by atoms with Gasteiger partial charge >= 0.3 is 0 Å². The number of piperidine rings is 1. The maximum Gasteiger partial charge on any atom is 0.160 e. The lowest BCUT2D eigenvalue weighted by molar-refractivity contribution is 0.247. The van der Waals surface area contributed by atoms with Gasteiger partial charge in [0.25, 0.3) is 0 Å². The molecule has 2 fully saturated rings. The Morgan fingerprint density at radius 1 is 1.10 bits per heavy atom. The van der Waals surface area contributed by atoms with Gasteiger partial charge in [0.05, 0.1) is 0 Å². The average molecular weight is 284 g/mol. The van der Waals surface area contributed by atoms with Gasteiger partial charge in [-0.05, 0) is 58.0 Å². The summed E-state index contributed by atoms with van der Waals surface area (Å²) in [5.41, 5.74) is 2.19. The van der Waals surface area contributed by atoms with E-state index in [0.717, 1.165) is 11.2 Å². The molecule has 0 spiro atoms. The van der Waals surface area contributed by atoms with Gasteiger partial charge in [0.2, 0.25) is 0 Å². The van der Waals surface area contributed by atoms with E-state index in [1.807, 2.05) is 12.3 Å². The number of imidazole rings is 1. The maximum atomic E-state index is 4.99. The number of hydrogen-bond donors (Lipinski definition) is 0. The van der Waals surface area contributed by atoms with Gasteiger partial charge in [-0.1, -0.05) is 12.8 Å². The molecule has 2 aromatic rings. The number of aromatic nitrogens is 3. The first-order valence-electron chi connectivity index (χ1n) is 8.34. The van der Waals surface area contributed by atoms with Gasteiger partial charge in [-0.15, -0.1) is 0 Å². The number of hydrogen-bond acceptors (Lipinski definition) is 3. The van der Waals surface area contributed by atoms with Crippen LogP contribution in [0.2, 0.25) is 0 Å². The normalized spacial score (nSPS) is 22.3. The highest BCUT2D eigenvalue weighted by Gasteiger charge is 2.28. The Morgan fingerprint density at radius 3 is 2.62 bits per heavy atom. The van der Waals surface area contributed by atoms with Gasteiger partial charge in [0.1, 0.15) is 11.3 Å². The fourth-order valence-corrected chi connectivity index (χ4v) is 4.02. The SMILES string of the molecule is CN1CCC(c2nc3cccnc3n2C2CCCC2)CC1. The molecule has 112 valence electrons. The van der Waals surface area contributed by atoms with Gasteiger partial charge in [-0.25, -0.2) is 9.97 Å². The van der Waals surface area contributed by atoms with Crippen molar-refractivity contribution in [3.63, 3.8) is 0 Å². The standard InChI is InChI=1S/C17H24N4/c1-20-11-8-13(9-12-20)16-19-15-7-4-10-18-17(15)21(16)14-5-2-3-6-14/h4,7,10,13-14H,2-3,5-6,8-9,11-12H2,1H3. The van der Waals surface area contributed by atoms with Crippen LogP contribution in [0.3, 0.4) is 0 Å². The summed E-state index contributed by atoms with van der Waals surface area (Å²) in [4.78, 5) is 12.1. The van der Waals surface area contributed by atoms with Crippen molar-refractivity contribution in [2.24, 2.45) is 0 Å². The van der Waals surface area contributed by atoms with Gasteiger partial charge < -0.3 is 9.47 Å². The van der Waals surface area contributed by atoms with E-state index in [1.54, 1.807) is 0 Å². The first-order valence-corrected chi connectivity index (χ1v) is 8.34. The molecule has 2 aliphatic rings. The quantitative estimate of drug-likeness (QED) is 0.848. The van der Waals surface area contributed by atoms with Crippen LogP contribution in [0.1, 0.15) is 56.3 Å². The smallest absolute Gasteiger partial charge is 0.160 e. The van der Waals surface area contributed by atoms with E-state index in [0.29, 0.717) is 12.0 Å². The van der Waals surface area contributed by atoms with E-state index < -0.39 is 0 Å². The van der Waals surface area contributed by atoms with Crippen molar-refractivity contribution < 1.29 is 0 Å². The molecule has 1 saturated carbocycles. The summed E-state index contributed by atoms with van der Waals surface area (Å²) in [5, 5.41) is 0. The average Bonchev–Trinajstić information content (AvgIpc) is 3.14. The molecule has 4 heteroatoms. The number of pyridine rings is 1. The minimum absolute atomic E-state index is 0.607. The highest BCUT2D eigenvalue weighted by molar-refractivity contribution is 5.71. The van der Waals surface area contributed by atoms with Gasteiger partial charge in [0, 0.05) is 18.2 Å². The van der Waals surface area contributed by atoms with Gasteiger partial charge in [-0.3, -0.25) is 0 Å². The molecule has 1 aliphatic carbocycles. The highest BCUT2D eigenvalue weighted by Crippen LogP contribution is 2.37. The zero-order valence-electron chi connectivity index (χ0n) is 12.8. The van der Waals surface area contributed by atoms with E-state index in [-0.39, 0.29) is 0 Å². The van der Waals surface area contributed by atoms with Crippen LogP contribution in [0, 0.1) is 0 Å². The fraction of sp³-hybridized carbons (Fsp3) is 0.647. The molecule has 0 amide bonds. The van der Waals surface area contributed by atoms with Gasteiger partial charge in [-0.2, -0.15) is 0 Å². The molecule has 21 heavy (non-hydrogen) atoms. The summed E-state index contributed by atoms with van der Waals surface area (Å²) in [6.45, 7) is 2.37. The van der Waals surface area contributed by atoms with Gasteiger partial charge in [0.15, 0.2) is 5.65 Å². The van der Waals surface area contributed by atoms with Crippen LogP contribution in [0.5, 0.6) is 0 Å². The van der Waals surface area contributed by atoms with Crippen molar-refractivity contribution in [2.45, 2.75) is 50.5 Å². The van der Waals surface area contributed by atoms with E-state index in [1.165, 1.54) is 57.4 Å². The lowest BCUT2D eigenvalue weighted by Crippen LogP contribution is -2.30. The molecule has 4 rings (SSSR count). The van der Waals surface area contributed by atoms with Crippen LogP contribution < -0.4 is 0 Å². The Hall–Kier alpha value is -1.42. The molecule has 0 atom stereocenters. The lowest BCUT2D eigenvalue weighted by atomic mass is 9.96. The molecule has 0 radical (unpaired) electrons. The summed E-state index contributed by atoms with van der Waals surface area (Å²) in [7, 11) is 2.22. The number of likely N-dealkylation sites (tertiary alicyclic amines) is 1. The summed E-state index contributed by atoms with van der Waals surface area (Å²) in [6.07, 6.45) is 9.66. The second-order valence-electron chi connectivity index (χ2n) is 6.70. The van der Waals surface area contributed by atoms with E-state index >= 15 is 0 Å². The Balaban J connectivity index is 1.77. The minimum Gasteiger partial charge on any atom is -0.309 e. The van der Waals surface area contributed by atoms with E-state index in [4.69, 9.17) is 4.98 Å². The third kappa shape index (κ3) is 2.35. The number of nitrogens with zero attached hydrogens (tertiary/aromatic N) is 4.